The summed E-state index contributed by atoms with van der Waals surface area (Å²) in [5.74, 6) is 0. The normalized spacial score (nSPS) is 21.0. The van der Waals surface area contributed by atoms with Crippen LogP contribution >= 0.6 is 15.9 Å². The number of alkyl halides is 1. The second-order valence-electron chi connectivity index (χ2n) is 6.76. The highest BCUT2D eigenvalue weighted by Crippen LogP contribution is 2.33. The molecule has 0 spiro atoms. The fourth-order valence-corrected chi connectivity index (χ4v) is 4.77. The second-order valence-corrected chi connectivity index (χ2v) is 7.32. The summed E-state index contributed by atoms with van der Waals surface area (Å²) in [5.41, 5.74) is 0.480. The molecule has 1 saturated heterocycles. The maximum Gasteiger partial charge on any atom is 0.0223 e. The van der Waals surface area contributed by atoms with Gasteiger partial charge in [-0.25, -0.2) is 0 Å². The molecule has 0 amide bonds. The Balaban J connectivity index is 2.54. The lowest BCUT2D eigenvalue weighted by atomic mass is 9.80. The molecule has 120 valence electrons. The number of hydrogen-bond donors (Lipinski definition) is 0. The molecule has 1 fully saturated rings. The summed E-state index contributed by atoms with van der Waals surface area (Å²) in [7, 11) is 2.33. The summed E-state index contributed by atoms with van der Waals surface area (Å²) in [4.78, 5) is 5.26. The average molecular weight is 347 g/mol. The summed E-state index contributed by atoms with van der Waals surface area (Å²) in [6.45, 7) is 12.0. The first-order valence-corrected chi connectivity index (χ1v) is 9.71. The van der Waals surface area contributed by atoms with Gasteiger partial charge in [0, 0.05) is 24.5 Å². The Bertz CT molecular complexity index is 251. The number of halogens is 1. The predicted molar refractivity (Wildman–Crippen MR) is 93.8 cm³/mol. The summed E-state index contributed by atoms with van der Waals surface area (Å²) < 4.78 is 0. The molecule has 20 heavy (non-hydrogen) atoms. The van der Waals surface area contributed by atoms with Gasteiger partial charge in [0.05, 0.1) is 0 Å². The zero-order chi connectivity index (χ0) is 15.0. The summed E-state index contributed by atoms with van der Waals surface area (Å²) in [6.07, 6.45) is 8.06. The van der Waals surface area contributed by atoms with E-state index >= 15 is 0 Å². The molecule has 1 aliphatic rings. The maximum absolute atomic E-state index is 3.80. The van der Waals surface area contributed by atoms with Crippen molar-refractivity contribution in [3.05, 3.63) is 0 Å². The van der Waals surface area contributed by atoms with Gasteiger partial charge in [-0.2, -0.15) is 0 Å². The lowest BCUT2D eigenvalue weighted by molar-refractivity contribution is 0.135. The Labute approximate surface area is 135 Å². The van der Waals surface area contributed by atoms with E-state index in [1.54, 1.807) is 0 Å². The van der Waals surface area contributed by atoms with Crippen LogP contribution in [-0.4, -0.2) is 54.4 Å². The van der Waals surface area contributed by atoms with Crippen molar-refractivity contribution in [3.63, 3.8) is 0 Å². The highest BCUT2D eigenvalue weighted by molar-refractivity contribution is 9.09. The van der Waals surface area contributed by atoms with Gasteiger partial charge in [0.2, 0.25) is 0 Å². The van der Waals surface area contributed by atoms with E-state index in [4.69, 9.17) is 0 Å². The largest absolute Gasteiger partial charge is 0.304 e. The molecular formula is C17H35BrN2. The summed E-state index contributed by atoms with van der Waals surface area (Å²) in [6, 6.07) is 0.793. The summed E-state index contributed by atoms with van der Waals surface area (Å²) in [5, 5.41) is 1.15. The van der Waals surface area contributed by atoms with Crippen molar-refractivity contribution < 1.29 is 0 Å². The first-order chi connectivity index (χ1) is 9.60. The molecule has 3 heteroatoms. The van der Waals surface area contributed by atoms with Crippen molar-refractivity contribution in [2.75, 3.05) is 38.6 Å². The van der Waals surface area contributed by atoms with Gasteiger partial charge < -0.3 is 4.90 Å². The van der Waals surface area contributed by atoms with E-state index in [1.807, 2.05) is 0 Å². The Hall–Kier alpha value is 0.400. The SMILES string of the molecule is CCCC(CBr)(CCC)CN(C)CC1CCCN1CC. The zero-order valence-electron chi connectivity index (χ0n) is 14.1. The Morgan fingerprint density at radius 3 is 2.35 bits per heavy atom. The third kappa shape index (κ3) is 5.31. The van der Waals surface area contributed by atoms with Crippen molar-refractivity contribution >= 4 is 15.9 Å². The van der Waals surface area contributed by atoms with Gasteiger partial charge in [0.15, 0.2) is 0 Å². The molecule has 0 radical (unpaired) electrons. The molecule has 1 heterocycles. The van der Waals surface area contributed by atoms with Crippen molar-refractivity contribution in [1.82, 2.24) is 9.80 Å². The lowest BCUT2D eigenvalue weighted by Crippen LogP contribution is -2.43. The van der Waals surface area contributed by atoms with Gasteiger partial charge >= 0.3 is 0 Å². The van der Waals surface area contributed by atoms with Crippen LogP contribution in [0.5, 0.6) is 0 Å². The molecule has 0 saturated carbocycles. The standard InChI is InChI=1S/C17H35BrN2/c1-5-10-17(14-18,11-6-2)15-19(4)13-16-9-8-12-20(16)7-3/h16H,5-15H2,1-4H3. The monoisotopic (exact) mass is 346 g/mol. The first-order valence-electron chi connectivity index (χ1n) is 8.59. The van der Waals surface area contributed by atoms with Crippen molar-refractivity contribution in [2.45, 2.75) is 65.3 Å². The summed E-state index contributed by atoms with van der Waals surface area (Å²) >= 11 is 3.80. The van der Waals surface area contributed by atoms with Gasteiger partial charge in [-0.15, -0.1) is 0 Å². The second kappa shape index (κ2) is 9.42. The Kier molecular flexibility index (Phi) is 8.69. The van der Waals surface area contributed by atoms with Crippen molar-refractivity contribution in [3.8, 4) is 0 Å². The highest BCUT2D eigenvalue weighted by Gasteiger charge is 2.31. The fourth-order valence-electron chi connectivity index (χ4n) is 4.03. The van der Waals surface area contributed by atoms with E-state index < -0.39 is 0 Å². The molecule has 1 rings (SSSR count). The van der Waals surface area contributed by atoms with Gasteiger partial charge in [0.25, 0.3) is 0 Å². The first kappa shape index (κ1) is 18.4. The predicted octanol–water partition coefficient (Wildman–Crippen LogP) is 4.38. The number of hydrogen-bond acceptors (Lipinski definition) is 2. The van der Waals surface area contributed by atoms with E-state index in [1.165, 1.54) is 64.7 Å². The van der Waals surface area contributed by atoms with E-state index in [9.17, 15) is 0 Å². The number of rotatable bonds is 10. The minimum atomic E-state index is 0.480. The quantitative estimate of drug-likeness (QED) is 0.541. The Morgan fingerprint density at radius 1 is 1.20 bits per heavy atom. The molecule has 0 aliphatic carbocycles. The van der Waals surface area contributed by atoms with Crippen LogP contribution in [0.25, 0.3) is 0 Å². The van der Waals surface area contributed by atoms with Crippen LogP contribution in [0.15, 0.2) is 0 Å². The number of nitrogens with zero attached hydrogens (tertiary/aromatic N) is 2. The number of likely N-dealkylation sites (tertiary alicyclic amines) is 1. The average Bonchev–Trinajstić information content (AvgIpc) is 2.86. The van der Waals surface area contributed by atoms with Gasteiger partial charge in [-0.05, 0) is 51.2 Å². The van der Waals surface area contributed by atoms with Crippen LogP contribution in [0.1, 0.15) is 59.3 Å². The molecule has 0 aromatic heterocycles. The van der Waals surface area contributed by atoms with Gasteiger partial charge in [0.1, 0.15) is 0 Å². The van der Waals surface area contributed by atoms with Crippen LogP contribution < -0.4 is 0 Å². The molecule has 0 aromatic rings. The van der Waals surface area contributed by atoms with E-state index in [0.717, 1.165) is 11.4 Å². The van der Waals surface area contributed by atoms with Crippen LogP contribution in [0, 0.1) is 5.41 Å². The Morgan fingerprint density at radius 2 is 1.85 bits per heavy atom. The van der Waals surface area contributed by atoms with Crippen LogP contribution in [0.2, 0.25) is 0 Å². The topological polar surface area (TPSA) is 6.48 Å². The van der Waals surface area contributed by atoms with Crippen LogP contribution in [0.3, 0.4) is 0 Å². The maximum atomic E-state index is 3.80. The third-order valence-electron chi connectivity index (χ3n) is 4.88. The number of likely N-dealkylation sites (N-methyl/N-ethyl adjacent to an activating group) is 2. The van der Waals surface area contributed by atoms with Gasteiger partial charge in [-0.3, -0.25) is 4.90 Å². The van der Waals surface area contributed by atoms with Gasteiger partial charge in [-0.1, -0.05) is 49.5 Å². The lowest BCUT2D eigenvalue weighted by Gasteiger charge is -2.37. The molecule has 2 nitrogen and oxygen atoms in total. The van der Waals surface area contributed by atoms with Crippen molar-refractivity contribution in [1.29, 1.82) is 0 Å². The smallest absolute Gasteiger partial charge is 0.0223 e. The van der Waals surface area contributed by atoms with E-state index in [-0.39, 0.29) is 0 Å². The van der Waals surface area contributed by atoms with Crippen molar-refractivity contribution in [2.24, 2.45) is 5.41 Å². The fraction of sp³-hybridized carbons (Fsp3) is 1.00. The zero-order valence-corrected chi connectivity index (χ0v) is 15.7. The van der Waals surface area contributed by atoms with Crippen LogP contribution in [0.4, 0.5) is 0 Å². The molecule has 0 N–H and O–H groups in total. The molecule has 0 aromatic carbocycles. The van der Waals surface area contributed by atoms with E-state index in [2.05, 4.69) is 53.5 Å². The molecular weight excluding hydrogens is 312 g/mol. The molecule has 0 bridgehead atoms. The molecule has 1 aliphatic heterocycles. The molecule has 1 unspecified atom stereocenters. The van der Waals surface area contributed by atoms with Crippen LogP contribution in [-0.2, 0) is 0 Å². The molecule has 1 atom stereocenters. The minimum absolute atomic E-state index is 0.480. The third-order valence-corrected chi connectivity index (χ3v) is 6.07. The highest BCUT2D eigenvalue weighted by atomic mass is 79.9. The minimum Gasteiger partial charge on any atom is -0.304 e. The van der Waals surface area contributed by atoms with E-state index in [0.29, 0.717) is 5.41 Å².